The van der Waals surface area contributed by atoms with Gasteiger partial charge in [-0.05, 0) is 29.9 Å². The quantitative estimate of drug-likeness (QED) is 0.716. The molecule has 1 saturated carbocycles. The van der Waals surface area contributed by atoms with E-state index >= 15 is 0 Å². The Morgan fingerprint density at radius 2 is 1.60 bits per heavy atom. The number of rotatable bonds is 7. The van der Waals surface area contributed by atoms with Crippen LogP contribution < -0.4 is 5.32 Å². The van der Waals surface area contributed by atoms with Crippen LogP contribution in [0, 0.1) is 11.8 Å². The number of nitrogens with one attached hydrogen (secondary N) is 1. The molecule has 2 atom stereocenters. The van der Waals surface area contributed by atoms with E-state index in [-0.39, 0.29) is 23.8 Å². The predicted molar refractivity (Wildman–Crippen MR) is 118 cm³/mol. The van der Waals surface area contributed by atoms with Crippen LogP contribution in [0.3, 0.4) is 0 Å². The van der Waals surface area contributed by atoms with Crippen molar-refractivity contribution in [3.63, 3.8) is 0 Å². The summed E-state index contributed by atoms with van der Waals surface area (Å²) in [6, 6.07) is 19.9. The molecule has 0 spiro atoms. The molecule has 2 unspecified atom stereocenters. The molecule has 1 saturated heterocycles. The third-order valence-electron chi connectivity index (χ3n) is 6.71. The highest BCUT2D eigenvalue weighted by atomic mass is 16.2. The molecule has 1 heterocycles. The van der Waals surface area contributed by atoms with Gasteiger partial charge in [0.1, 0.15) is 0 Å². The molecule has 0 bridgehead atoms. The van der Waals surface area contributed by atoms with Crippen molar-refractivity contribution in [2.45, 2.75) is 57.5 Å². The molecule has 4 nitrogen and oxygen atoms in total. The van der Waals surface area contributed by atoms with E-state index in [4.69, 9.17) is 0 Å². The molecular weight excluding hydrogens is 372 g/mol. The lowest BCUT2D eigenvalue weighted by Gasteiger charge is -2.41. The van der Waals surface area contributed by atoms with Crippen molar-refractivity contribution in [1.29, 1.82) is 0 Å². The highest BCUT2D eigenvalue weighted by Crippen LogP contribution is 2.38. The third-order valence-corrected chi connectivity index (χ3v) is 6.71. The first kappa shape index (κ1) is 20.6. The normalized spacial score (nSPS) is 22.3. The van der Waals surface area contributed by atoms with Gasteiger partial charge < -0.3 is 10.2 Å². The fourth-order valence-corrected chi connectivity index (χ4v) is 5.09. The highest BCUT2D eigenvalue weighted by Gasteiger charge is 2.40. The molecule has 1 aliphatic carbocycles. The van der Waals surface area contributed by atoms with Crippen LogP contribution in [-0.4, -0.2) is 23.3 Å². The molecule has 2 aromatic carbocycles. The van der Waals surface area contributed by atoms with Crippen molar-refractivity contribution in [2.75, 3.05) is 6.54 Å². The molecule has 4 rings (SSSR count). The van der Waals surface area contributed by atoms with E-state index < -0.39 is 0 Å². The summed E-state index contributed by atoms with van der Waals surface area (Å²) < 4.78 is 0. The minimum absolute atomic E-state index is 0.0902. The summed E-state index contributed by atoms with van der Waals surface area (Å²) >= 11 is 0. The van der Waals surface area contributed by atoms with E-state index in [0.29, 0.717) is 19.4 Å². The van der Waals surface area contributed by atoms with Gasteiger partial charge in [-0.25, -0.2) is 0 Å². The van der Waals surface area contributed by atoms with Crippen molar-refractivity contribution in [2.24, 2.45) is 11.8 Å². The summed E-state index contributed by atoms with van der Waals surface area (Å²) in [5.74, 6) is 0.769. The molecule has 2 aliphatic rings. The SMILES string of the molecule is O=C(NCCC1CCCC1)C1CCC(=O)N(Cc2ccccc2)C1c1ccccc1. The Labute approximate surface area is 179 Å². The summed E-state index contributed by atoms with van der Waals surface area (Å²) in [7, 11) is 0. The second-order valence-corrected chi connectivity index (χ2v) is 8.74. The lowest BCUT2D eigenvalue weighted by molar-refractivity contribution is -0.144. The minimum Gasteiger partial charge on any atom is -0.356 e. The van der Waals surface area contributed by atoms with Crippen molar-refractivity contribution in [3.8, 4) is 0 Å². The van der Waals surface area contributed by atoms with E-state index in [9.17, 15) is 9.59 Å². The van der Waals surface area contributed by atoms with Crippen LogP contribution in [0.25, 0.3) is 0 Å². The second kappa shape index (κ2) is 9.92. The fourth-order valence-electron chi connectivity index (χ4n) is 5.09. The average molecular weight is 405 g/mol. The number of likely N-dealkylation sites (tertiary alicyclic amines) is 1. The largest absolute Gasteiger partial charge is 0.356 e. The van der Waals surface area contributed by atoms with Crippen LogP contribution in [0.1, 0.15) is 62.1 Å². The summed E-state index contributed by atoms with van der Waals surface area (Å²) in [6.07, 6.45) is 7.36. The number of nitrogens with zero attached hydrogens (tertiary/aromatic N) is 1. The Morgan fingerprint density at radius 1 is 0.933 bits per heavy atom. The molecule has 2 fully saturated rings. The van der Waals surface area contributed by atoms with Crippen LogP contribution in [0.4, 0.5) is 0 Å². The van der Waals surface area contributed by atoms with E-state index in [1.165, 1.54) is 25.7 Å². The summed E-state index contributed by atoms with van der Waals surface area (Å²) in [6.45, 7) is 1.28. The van der Waals surface area contributed by atoms with Crippen molar-refractivity contribution in [3.05, 3.63) is 71.8 Å². The molecule has 4 heteroatoms. The number of piperidine rings is 1. The molecule has 30 heavy (non-hydrogen) atoms. The van der Waals surface area contributed by atoms with Crippen molar-refractivity contribution >= 4 is 11.8 Å². The Kier molecular flexibility index (Phi) is 6.83. The van der Waals surface area contributed by atoms with Gasteiger partial charge in [0.15, 0.2) is 0 Å². The zero-order valence-corrected chi connectivity index (χ0v) is 17.6. The average Bonchev–Trinajstić information content (AvgIpc) is 3.30. The zero-order valence-electron chi connectivity index (χ0n) is 17.6. The van der Waals surface area contributed by atoms with E-state index in [1.807, 2.05) is 65.6 Å². The van der Waals surface area contributed by atoms with Gasteiger partial charge in [0, 0.05) is 19.5 Å². The summed E-state index contributed by atoms with van der Waals surface area (Å²) in [4.78, 5) is 28.1. The molecule has 1 aliphatic heterocycles. The molecule has 2 amide bonds. The first-order chi connectivity index (χ1) is 14.7. The highest BCUT2D eigenvalue weighted by molar-refractivity contribution is 5.85. The molecule has 1 N–H and O–H groups in total. The smallest absolute Gasteiger partial charge is 0.225 e. The fraction of sp³-hybridized carbons (Fsp3) is 0.462. The van der Waals surface area contributed by atoms with Gasteiger partial charge in [-0.1, -0.05) is 86.3 Å². The van der Waals surface area contributed by atoms with Crippen LogP contribution in [0.2, 0.25) is 0 Å². The topological polar surface area (TPSA) is 49.4 Å². The van der Waals surface area contributed by atoms with Crippen LogP contribution in [0.15, 0.2) is 60.7 Å². The standard InChI is InChI=1S/C26H32N2O2/c29-24-16-15-23(26(30)27-18-17-20-9-7-8-10-20)25(22-13-5-2-6-14-22)28(24)19-21-11-3-1-4-12-21/h1-6,11-14,20,23,25H,7-10,15-19H2,(H,27,30). The number of amides is 2. The Morgan fingerprint density at radius 3 is 2.30 bits per heavy atom. The molecule has 0 aromatic heterocycles. The molecule has 0 radical (unpaired) electrons. The van der Waals surface area contributed by atoms with Crippen LogP contribution in [-0.2, 0) is 16.1 Å². The number of benzene rings is 2. The number of hydrogen-bond acceptors (Lipinski definition) is 2. The summed E-state index contributed by atoms with van der Waals surface area (Å²) in [5.41, 5.74) is 2.13. The van der Waals surface area contributed by atoms with Gasteiger partial charge in [0.25, 0.3) is 0 Å². The Balaban J connectivity index is 1.51. The number of carbonyl (C=O) groups excluding carboxylic acids is 2. The lowest BCUT2D eigenvalue weighted by Crippen LogP contribution is -2.47. The number of hydrogen-bond donors (Lipinski definition) is 1. The van der Waals surface area contributed by atoms with Gasteiger partial charge in [0.2, 0.25) is 11.8 Å². The minimum atomic E-state index is -0.223. The van der Waals surface area contributed by atoms with Crippen molar-refractivity contribution in [1.82, 2.24) is 10.2 Å². The van der Waals surface area contributed by atoms with Crippen LogP contribution in [0.5, 0.6) is 0 Å². The molecule has 158 valence electrons. The van der Waals surface area contributed by atoms with E-state index in [0.717, 1.165) is 30.0 Å². The first-order valence-corrected chi connectivity index (χ1v) is 11.4. The third kappa shape index (κ3) is 4.92. The van der Waals surface area contributed by atoms with Crippen molar-refractivity contribution < 1.29 is 9.59 Å². The second-order valence-electron chi connectivity index (χ2n) is 8.74. The predicted octanol–water partition coefficient (Wildman–Crippen LogP) is 4.86. The maximum Gasteiger partial charge on any atom is 0.225 e. The molecule has 2 aromatic rings. The van der Waals surface area contributed by atoms with Gasteiger partial charge >= 0.3 is 0 Å². The van der Waals surface area contributed by atoms with Gasteiger partial charge in [-0.3, -0.25) is 9.59 Å². The Bertz CT molecular complexity index is 831. The van der Waals surface area contributed by atoms with Gasteiger partial charge in [-0.2, -0.15) is 0 Å². The monoisotopic (exact) mass is 404 g/mol. The van der Waals surface area contributed by atoms with E-state index in [2.05, 4.69) is 5.32 Å². The number of carbonyl (C=O) groups is 2. The van der Waals surface area contributed by atoms with Gasteiger partial charge in [0.05, 0.1) is 12.0 Å². The summed E-state index contributed by atoms with van der Waals surface area (Å²) in [5, 5.41) is 3.20. The van der Waals surface area contributed by atoms with Gasteiger partial charge in [-0.15, -0.1) is 0 Å². The van der Waals surface area contributed by atoms with E-state index in [1.54, 1.807) is 0 Å². The maximum atomic E-state index is 13.2. The Hall–Kier alpha value is -2.62. The van der Waals surface area contributed by atoms with Crippen LogP contribution >= 0.6 is 0 Å². The first-order valence-electron chi connectivity index (χ1n) is 11.4. The zero-order chi connectivity index (χ0) is 20.8. The maximum absolute atomic E-state index is 13.2. The lowest BCUT2D eigenvalue weighted by atomic mass is 9.83. The molecular formula is C26H32N2O2.